The third-order valence-corrected chi connectivity index (χ3v) is 5.90. The number of amides is 1. The van der Waals surface area contributed by atoms with E-state index in [0.29, 0.717) is 16.3 Å². The molecule has 1 amide bonds. The van der Waals surface area contributed by atoms with Crippen LogP contribution in [-0.4, -0.2) is 23.9 Å². The molecule has 1 N–H and O–H groups in total. The first-order chi connectivity index (χ1) is 14.0. The van der Waals surface area contributed by atoms with Gasteiger partial charge in [0.1, 0.15) is 5.75 Å². The van der Waals surface area contributed by atoms with Crippen molar-refractivity contribution in [3.8, 4) is 5.75 Å². The lowest BCUT2D eigenvalue weighted by molar-refractivity contribution is -0.117. The number of ketones is 1. The summed E-state index contributed by atoms with van der Waals surface area (Å²) in [5, 5.41) is 12.5. The lowest BCUT2D eigenvalue weighted by atomic mass is 9.92. The number of anilines is 1. The van der Waals surface area contributed by atoms with Crippen molar-refractivity contribution in [3.05, 3.63) is 93.4 Å². The number of hydrogen-bond acceptors (Lipinski definition) is 5. The van der Waals surface area contributed by atoms with Crippen LogP contribution in [0.25, 0.3) is 0 Å². The fourth-order valence-electron chi connectivity index (χ4n) is 3.57. The van der Waals surface area contributed by atoms with E-state index in [0.717, 1.165) is 11.1 Å². The third-order valence-electron chi connectivity index (χ3n) is 5.03. The van der Waals surface area contributed by atoms with E-state index >= 15 is 0 Å². The molecule has 0 aliphatic carbocycles. The van der Waals surface area contributed by atoms with Gasteiger partial charge in [0.2, 0.25) is 5.78 Å². The fraction of sp³-hybridized carbons (Fsp3) is 0.130. The van der Waals surface area contributed by atoms with E-state index in [2.05, 4.69) is 0 Å². The predicted octanol–water partition coefficient (Wildman–Crippen LogP) is 4.85. The molecule has 2 aromatic carbocycles. The van der Waals surface area contributed by atoms with Crippen LogP contribution in [-0.2, 0) is 4.79 Å². The number of benzene rings is 2. The first-order valence-corrected chi connectivity index (χ1v) is 9.95. The second kappa shape index (κ2) is 7.56. The number of aliphatic hydroxyl groups is 1. The molecule has 1 atom stereocenters. The second-order valence-corrected chi connectivity index (χ2v) is 7.65. The van der Waals surface area contributed by atoms with Gasteiger partial charge in [-0.15, -0.1) is 11.3 Å². The first-order valence-electron chi connectivity index (χ1n) is 9.07. The van der Waals surface area contributed by atoms with E-state index in [1.165, 1.54) is 16.2 Å². The highest BCUT2D eigenvalue weighted by Gasteiger charge is 2.45. The maximum absolute atomic E-state index is 13.2. The topological polar surface area (TPSA) is 66.8 Å². The summed E-state index contributed by atoms with van der Waals surface area (Å²) in [4.78, 5) is 28.3. The summed E-state index contributed by atoms with van der Waals surface area (Å²) >= 11 is 1.28. The van der Waals surface area contributed by atoms with Crippen LogP contribution in [0.4, 0.5) is 5.69 Å². The van der Waals surface area contributed by atoms with Crippen LogP contribution in [0.2, 0.25) is 0 Å². The van der Waals surface area contributed by atoms with Crippen molar-refractivity contribution in [3.63, 3.8) is 0 Å². The predicted molar refractivity (Wildman–Crippen MR) is 113 cm³/mol. The molecule has 1 aromatic heterocycles. The van der Waals surface area contributed by atoms with Crippen LogP contribution >= 0.6 is 11.3 Å². The van der Waals surface area contributed by atoms with Crippen LogP contribution in [0.5, 0.6) is 5.75 Å². The van der Waals surface area contributed by atoms with Crippen molar-refractivity contribution in [2.45, 2.75) is 13.0 Å². The molecule has 6 heteroatoms. The maximum Gasteiger partial charge on any atom is 0.294 e. The summed E-state index contributed by atoms with van der Waals surface area (Å²) in [5.74, 6) is -0.786. The highest BCUT2D eigenvalue weighted by molar-refractivity contribution is 7.12. The average Bonchev–Trinajstić information content (AvgIpc) is 3.36. The average molecular weight is 405 g/mol. The molecular weight excluding hydrogens is 386 g/mol. The van der Waals surface area contributed by atoms with E-state index in [4.69, 9.17) is 4.74 Å². The summed E-state index contributed by atoms with van der Waals surface area (Å²) < 4.78 is 5.20. The number of aliphatic hydroxyl groups excluding tert-OH is 1. The van der Waals surface area contributed by atoms with Crippen molar-refractivity contribution in [1.82, 2.24) is 0 Å². The van der Waals surface area contributed by atoms with Gasteiger partial charge in [-0.25, -0.2) is 0 Å². The van der Waals surface area contributed by atoms with Crippen LogP contribution in [0, 0.1) is 6.92 Å². The van der Waals surface area contributed by atoms with E-state index in [-0.39, 0.29) is 11.4 Å². The van der Waals surface area contributed by atoms with E-state index in [1.54, 1.807) is 48.9 Å². The van der Waals surface area contributed by atoms with Crippen molar-refractivity contribution in [2.24, 2.45) is 0 Å². The van der Waals surface area contributed by atoms with Crippen LogP contribution < -0.4 is 9.64 Å². The Morgan fingerprint density at radius 3 is 2.41 bits per heavy atom. The molecule has 0 spiro atoms. The number of carbonyl (C=O) groups excluding carboxylic acids is 2. The van der Waals surface area contributed by atoms with Gasteiger partial charge in [-0.1, -0.05) is 30.3 Å². The Labute approximate surface area is 172 Å². The Balaban J connectivity index is 1.88. The van der Waals surface area contributed by atoms with Crippen molar-refractivity contribution in [1.29, 1.82) is 0 Å². The van der Waals surface area contributed by atoms with Crippen LogP contribution in [0.3, 0.4) is 0 Å². The summed E-state index contributed by atoms with van der Waals surface area (Å²) in [6.07, 6.45) is 0. The Morgan fingerprint density at radius 2 is 1.79 bits per heavy atom. The van der Waals surface area contributed by atoms with E-state index < -0.39 is 17.7 Å². The minimum absolute atomic E-state index is 0.0996. The molecule has 0 saturated carbocycles. The molecule has 146 valence electrons. The number of carbonyl (C=O) groups is 2. The van der Waals surface area contributed by atoms with Crippen LogP contribution in [0.15, 0.2) is 77.4 Å². The van der Waals surface area contributed by atoms with Gasteiger partial charge >= 0.3 is 0 Å². The molecule has 1 aliphatic rings. The Kier molecular flexibility index (Phi) is 4.94. The number of hydrogen-bond donors (Lipinski definition) is 1. The smallest absolute Gasteiger partial charge is 0.294 e. The van der Waals surface area contributed by atoms with Crippen molar-refractivity contribution < 1.29 is 19.4 Å². The third kappa shape index (κ3) is 3.21. The number of methoxy groups -OCH3 is 1. The molecule has 1 unspecified atom stereocenters. The zero-order chi connectivity index (χ0) is 20.5. The minimum Gasteiger partial charge on any atom is -0.503 e. The molecule has 3 aromatic rings. The number of Topliss-reactive ketones (excluding diaryl/α,β-unsaturated/α-hetero) is 1. The number of thiophene rings is 1. The zero-order valence-corrected chi connectivity index (χ0v) is 16.8. The molecule has 0 bridgehead atoms. The highest BCUT2D eigenvalue weighted by Crippen LogP contribution is 2.43. The van der Waals surface area contributed by atoms with E-state index in [9.17, 15) is 14.7 Å². The largest absolute Gasteiger partial charge is 0.503 e. The molecule has 0 saturated heterocycles. The van der Waals surface area contributed by atoms with Gasteiger partial charge in [-0.05, 0) is 53.8 Å². The monoisotopic (exact) mass is 405 g/mol. The fourth-order valence-corrected chi connectivity index (χ4v) is 4.25. The van der Waals surface area contributed by atoms with Gasteiger partial charge < -0.3 is 9.84 Å². The van der Waals surface area contributed by atoms with Gasteiger partial charge in [0.25, 0.3) is 5.91 Å². The summed E-state index contributed by atoms with van der Waals surface area (Å²) in [6, 6.07) is 17.3. The standard InChI is InChI=1S/C23H19NO4S/c1-14-6-3-4-7-17(14)20-19(21(25)18-8-5-13-29-18)22(26)23(27)24(20)15-9-11-16(28-2)12-10-15/h3-13,20,26H,1-2H3. The SMILES string of the molecule is COc1ccc(N2C(=O)C(O)=C(C(=O)c3cccs3)C2c2ccccc2C)cc1. The Morgan fingerprint density at radius 1 is 1.07 bits per heavy atom. The quantitative estimate of drug-likeness (QED) is 0.617. The van der Waals surface area contributed by atoms with E-state index in [1.807, 2.05) is 31.2 Å². The van der Waals surface area contributed by atoms with Gasteiger partial charge in [-0.3, -0.25) is 14.5 Å². The number of nitrogens with zero attached hydrogens (tertiary/aromatic N) is 1. The molecule has 5 nitrogen and oxygen atoms in total. The Hall–Kier alpha value is -3.38. The second-order valence-electron chi connectivity index (χ2n) is 6.70. The first kappa shape index (κ1) is 19.0. The van der Waals surface area contributed by atoms with Crippen molar-refractivity contribution in [2.75, 3.05) is 12.0 Å². The summed E-state index contributed by atoms with van der Waals surface area (Å²) in [5.41, 5.74) is 2.39. The highest BCUT2D eigenvalue weighted by atomic mass is 32.1. The normalized spacial score (nSPS) is 16.4. The van der Waals surface area contributed by atoms with Gasteiger partial charge in [-0.2, -0.15) is 0 Å². The zero-order valence-electron chi connectivity index (χ0n) is 16.0. The summed E-state index contributed by atoms with van der Waals surface area (Å²) in [6.45, 7) is 1.93. The Bertz CT molecular complexity index is 1100. The number of ether oxygens (including phenoxy) is 1. The van der Waals surface area contributed by atoms with Crippen molar-refractivity contribution >= 4 is 28.7 Å². The minimum atomic E-state index is -0.716. The molecule has 0 radical (unpaired) electrons. The molecule has 1 aliphatic heterocycles. The van der Waals surface area contributed by atoms with Gasteiger partial charge in [0, 0.05) is 5.69 Å². The number of aryl methyl sites for hydroxylation is 1. The molecular formula is C23H19NO4S. The molecule has 4 rings (SSSR count). The molecule has 0 fully saturated rings. The lowest BCUT2D eigenvalue weighted by Gasteiger charge is -2.28. The molecule has 2 heterocycles. The molecule has 29 heavy (non-hydrogen) atoms. The van der Waals surface area contributed by atoms with Crippen LogP contribution in [0.1, 0.15) is 26.8 Å². The van der Waals surface area contributed by atoms with Gasteiger partial charge in [0.05, 0.1) is 23.6 Å². The maximum atomic E-state index is 13.2. The number of rotatable bonds is 5. The summed E-state index contributed by atoms with van der Waals surface area (Å²) in [7, 11) is 1.57. The van der Waals surface area contributed by atoms with Gasteiger partial charge in [0.15, 0.2) is 5.76 Å². The lowest BCUT2D eigenvalue weighted by Crippen LogP contribution is -2.31.